The van der Waals surface area contributed by atoms with Crippen LogP contribution < -0.4 is 16.2 Å². The van der Waals surface area contributed by atoms with E-state index in [-0.39, 0.29) is 5.92 Å². The van der Waals surface area contributed by atoms with E-state index in [2.05, 4.69) is 5.32 Å². The number of nitrogen functional groups attached to an aromatic ring is 1. The second-order valence-electron chi connectivity index (χ2n) is 3.81. The van der Waals surface area contributed by atoms with Crippen LogP contribution in [0.3, 0.4) is 0 Å². The highest BCUT2D eigenvalue weighted by molar-refractivity contribution is 5.75. The second kappa shape index (κ2) is 4.68. The quantitative estimate of drug-likeness (QED) is 0.703. The van der Waals surface area contributed by atoms with E-state index in [0.717, 1.165) is 5.69 Å². The summed E-state index contributed by atoms with van der Waals surface area (Å²) in [5.41, 5.74) is 6.90. The number of carboxylic acid groups (broad SMARTS) is 1. The highest BCUT2D eigenvalue weighted by Gasteiger charge is 2.13. The van der Waals surface area contributed by atoms with Gasteiger partial charge in [0, 0.05) is 11.4 Å². The first-order valence-corrected chi connectivity index (χ1v) is 4.83. The van der Waals surface area contributed by atoms with Crippen molar-refractivity contribution in [2.75, 3.05) is 11.1 Å². The third kappa shape index (κ3) is 3.16. The van der Waals surface area contributed by atoms with E-state index in [0.29, 0.717) is 5.69 Å². The number of carboxylic acids is 1. The lowest BCUT2D eigenvalue weighted by atomic mass is 10.0. The van der Waals surface area contributed by atoms with Crippen LogP contribution in [0.5, 0.6) is 0 Å². The Morgan fingerprint density at radius 1 is 1.33 bits per heavy atom. The predicted octanol–water partition coefficient (Wildman–Crippen LogP) is 0.455. The minimum Gasteiger partial charge on any atom is -0.548 e. The van der Waals surface area contributed by atoms with Crippen molar-refractivity contribution in [3.8, 4) is 0 Å². The number of aliphatic carboxylic acids is 1. The average molecular weight is 207 g/mol. The number of nitrogens with two attached hydrogens (primary N) is 1. The number of anilines is 2. The summed E-state index contributed by atoms with van der Waals surface area (Å²) in [6.07, 6.45) is 0. The number of benzene rings is 1. The maximum atomic E-state index is 10.8. The fourth-order valence-corrected chi connectivity index (χ4v) is 1.26. The number of rotatable bonds is 4. The molecule has 0 aliphatic heterocycles. The first-order valence-electron chi connectivity index (χ1n) is 4.83. The van der Waals surface area contributed by atoms with Crippen molar-refractivity contribution in [2.24, 2.45) is 5.92 Å². The van der Waals surface area contributed by atoms with Crippen molar-refractivity contribution >= 4 is 17.3 Å². The lowest BCUT2D eigenvalue weighted by molar-refractivity contribution is -0.307. The van der Waals surface area contributed by atoms with E-state index in [4.69, 9.17) is 5.73 Å². The van der Waals surface area contributed by atoms with E-state index in [9.17, 15) is 9.90 Å². The summed E-state index contributed by atoms with van der Waals surface area (Å²) in [5.74, 6) is -1.13. The van der Waals surface area contributed by atoms with Gasteiger partial charge in [-0.05, 0) is 30.2 Å². The Balaban J connectivity index is 2.74. The average Bonchev–Trinajstić information content (AvgIpc) is 2.15. The molecule has 0 aliphatic carbocycles. The van der Waals surface area contributed by atoms with Crippen molar-refractivity contribution < 1.29 is 9.90 Å². The number of carbonyl (C=O) groups excluding carboxylic acids is 1. The van der Waals surface area contributed by atoms with Crippen LogP contribution in [-0.4, -0.2) is 12.0 Å². The summed E-state index contributed by atoms with van der Waals surface area (Å²) in [7, 11) is 0. The van der Waals surface area contributed by atoms with E-state index < -0.39 is 12.0 Å². The molecule has 1 atom stereocenters. The lowest BCUT2D eigenvalue weighted by Crippen LogP contribution is -2.44. The Morgan fingerprint density at radius 2 is 1.87 bits per heavy atom. The molecular formula is C11H15N2O2-. The van der Waals surface area contributed by atoms with Gasteiger partial charge >= 0.3 is 0 Å². The number of carbonyl (C=O) groups is 1. The molecule has 0 aromatic heterocycles. The lowest BCUT2D eigenvalue weighted by Gasteiger charge is -2.24. The summed E-state index contributed by atoms with van der Waals surface area (Å²) in [5, 5.41) is 13.7. The highest BCUT2D eigenvalue weighted by atomic mass is 16.4. The molecule has 15 heavy (non-hydrogen) atoms. The summed E-state index contributed by atoms with van der Waals surface area (Å²) >= 11 is 0. The number of hydrogen-bond donors (Lipinski definition) is 2. The first-order chi connectivity index (χ1) is 7.00. The van der Waals surface area contributed by atoms with Crippen LogP contribution in [0.4, 0.5) is 11.4 Å². The summed E-state index contributed by atoms with van der Waals surface area (Å²) in [6.45, 7) is 3.65. The van der Waals surface area contributed by atoms with Crippen LogP contribution in [0.1, 0.15) is 13.8 Å². The standard InChI is InChI=1S/C11H16N2O2/c1-7(2)10(11(14)15)13-9-5-3-8(12)4-6-9/h3-7,10,13H,12H2,1-2H3,(H,14,15)/p-1. The summed E-state index contributed by atoms with van der Waals surface area (Å²) in [4.78, 5) is 10.8. The molecule has 1 unspecified atom stereocenters. The third-order valence-electron chi connectivity index (χ3n) is 2.15. The van der Waals surface area contributed by atoms with Crippen molar-refractivity contribution in [2.45, 2.75) is 19.9 Å². The van der Waals surface area contributed by atoms with Gasteiger partial charge in [-0.25, -0.2) is 0 Å². The fourth-order valence-electron chi connectivity index (χ4n) is 1.26. The Bertz CT molecular complexity index is 333. The molecule has 0 fully saturated rings. The fraction of sp³-hybridized carbons (Fsp3) is 0.364. The molecule has 0 radical (unpaired) electrons. The van der Waals surface area contributed by atoms with Crippen LogP contribution in [-0.2, 0) is 4.79 Å². The van der Waals surface area contributed by atoms with Crippen LogP contribution in [0.2, 0.25) is 0 Å². The molecule has 0 saturated heterocycles. The molecule has 1 aromatic rings. The van der Waals surface area contributed by atoms with Crippen molar-refractivity contribution in [3.05, 3.63) is 24.3 Å². The molecular weight excluding hydrogens is 192 g/mol. The highest BCUT2D eigenvalue weighted by Crippen LogP contribution is 2.14. The van der Waals surface area contributed by atoms with Crippen LogP contribution in [0, 0.1) is 5.92 Å². The van der Waals surface area contributed by atoms with Gasteiger partial charge in [0.05, 0.1) is 12.0 Å². The molecule has 82 valence electrons. The summed E-state index contributed by atoms with van der Waals surface area (Å²) < 4.78 is 0. The van der Waals surface area contributed by atoms with Crippen LogP contribution in [0.15, 0.2) is 24.3 Å². The zero-order valence-corrected chi connectivity index (χ0v) is 8.86. The van der Waals surface area contributed by atoms with Crippen molar-refractivity contribution in [1.29, 1.82) is 0 Å². The van der Waals surface area contributed by atoms with Crippen molar-refractivity contribution in [3.63, 3.8) is 0 Å². The van der Waals surface area contributed by atoms with Gasteiger partial charge in [-0.15, -0.1) is 0 Å². The number of hydrogen-bond acceptors (Lipinski definition) is 4. The Hall–Kier alpha value is -1.71. The van der Waals surface area contributed by atoms with Crippen LogP contribution >= 0.6 is 0 Å². The van der Waals surface area contributed by atoms with E-state index in [1.807, 2.05) is 13.8 Å². The molecule has 0 bridgehead atoms. The Morgan fingerprint density at radius 3 is 2.27 bits per heavy atom. The van der Waals surface area contributed by atoms with Gasteiger partial charge in [0.1, 0.15) is 0 Å². The van der Waals surface area contributed by atoms with E-state index in [1.54, 1.807) is 24.3 Å². The summed E-state index contributed by atoms with van der Waals surface area (Å²) in [6, 6.07) is 6.24. The Kier molecular flexibility index (Phi) is 3.55. The second-order valence-corrected chi connectivity index (χ2v) is 3.81. The third-order valence-corrected chi connectivity index (χ3v) is 2.15. The topological polar surface area (TPSA) is 78.2 Å². The van der Waals surface area contributed by atoms with Gasteiger partial charge in [0.25, 0.3) is 0 Å². The molecule has 4 nitrogen and oxygen atoms in total. The normalized spacial score (nSPS) is 12.5. The smallest absolute Gasteiger partial charge is 0.0681 e. The molecule has 0 saturated carbocycles. The SMILES string of the molecule is CC(C)C(Nc1ccc(N)cc1)C(=O)[O-]. The molecule has 4 heteroatoms. The van der Waals surface area contributed by atoms with Gasteiger partial charge in [-0.1, -0.05) is 13.8 Å². The molecule has 0 aliphatic rings. The first kappa shape index (κ1) is 11.4. The molecule has 0 amide bonds. The number of nitrogens with one attached hydrogen (secondary N) is 1. The van der Waals surface area contributed by atoms with Gasteiger partial charge < -0.3 is 21.0 Å². The largest absolute Gasteiger partial charge is 0.548 e. The molecule has 0 heterocycles. The van der Waals surface area contributed by atoms with Crippen LogP contribution in [0.25, 0.3) is 0 Å². The predicted molar refractivity (Wildman–Crippen MR) is 58.1 cm³/mol. The minimum atomic E-state index is -1.10. The van der Waals surface area contributed by atoms with Gasteiger partial charge in [-0.2, -0.15) is 0 Å². The van der Waals surface area contributed by atoms with Gasteiger partial charge in [0.15, 0.2) is 0 Å². The molecule has 1 aromatic carbocycles. The molecule has 3 N–H and O–H groups in total. The Labute approximate surface area is 89.1 Å². The van der Waals surface area contributed by atoms with E-state index in [1.165, 1.54) is 0 Å². The van der Waals surface area contributed by atoms with Gasteiger partial charge in [0.2, 0.25) is 0 Å². The molecule has 0 spiro atoms. The van der Waals surface area contributed by atoms with Gasteiger partial charge in [-0.3, -0.25) is 0 Å². The minimum absolute atomic E-state index is 0.0347. The molecule has 1 rings (SSSR count). The van der Waals surface area contributed by atoms with Crippen molar-refractivity contribution in [1.82, 2.24) is 0 Å². The maximum Gasteiger partial charge on any atom is 0.0681 e. The monoisotopic (exact) mass is 207 g/mol. The zero-order chi connectivity index (χ0) is 11.4. The maximum absolute atomic E-state index is 10.8. The zero-order valence-electron chi connectivity index (χ0n) is 8.86. The van der Waals surface area contributed by atoms with E-state index >= 15 is 0 Å².